The van der Waals surface area contributed by atoms with Gasteiger partial charge in [0.15, 0.2) is 0 Å². The van der Waals surface area contributed by atoms with Crippen LogP contribution in [-0.2, 0) is 14.3 Å². The molecule has 0 aliphatic heterocycles. The second-order valence-corrected chi connectivity index (χ2v) is 28.8. The van der Waals surface area contributed by atoms with E-state index in [2.05, 4.69) is 19.2 Å². The van der Waals surface area contributed by atoms with Gasteiger partial charge < -0.3 is 20.3 Å². The lowest BCUT2D eigenvalue weighted by atomic mass is 10.0. The minimum Gasteiger partial charge on any atom is -0.466 e. The molecule has 0 bridgehead atoms. The van der Waals surface area contributed by atoms with Crippen molar-refractivity contribution in [2.45, 2.75) is 501 Å². The Hall–Kier alpha value is -1.14. The van der Waals surface area contributed by atoms with Gasteiger partial charge in [-0.05, 0) is 25.7 Å². The van der Waals surface area contributed by atoms with E-state index in [1.807, 2.05) is 0 Å². The monoisotopic (exact) mass is 1240 g/mol. The number of hydrogen-bond acceptors (Lipinski definition) is 5. The van der Waals surface area contributed by atoms with E-state index >= 15 is 0 Å². The molecule has 0 aromatic rings. The van der Waals surface area contributed by atoms with Gasteiger partial charge in [-0.2, -0.15) is 0 Å². The first-order valence-corrected chi connectivity index (χ1v) is 41.3. The molecular formula is C82H163NO5. The van der Waals surface area contributed by atoms with E-state index in [0.717, 1.165) is 38.5 Å². The summed E-state index contributed by atoms with van der Waals surface area (Å²) in [7, 11) is 0. The molecule has 0 aliphatic carbocycles. The number of aliphatic hydroxyl groups excluding tert-OH is 2. The number of amides is 1. The first-order chi connectivity index (χ1) is 43.5. The number of nitrogens with one attached hydrogen (secondary N) is 1. The molecule has 0 radical (unpaired) electrons. The van der Waals surface area contributed by atoms with Crippen molar-refractivity contribution >= 4 is 11.9 Å². The van der Waals surface area contributed by atoms with Crippen LogP contribution in [0, 0.1) is 0 Å². The highest BCUT2D eigenvalue weighted by Crippen LogP contribution is 2.21. The van der Waals surface area contributed by atoms with Crippen LogP contribution in [0.3, 0.4) is 0 Å². The number of carbonyl (C=O) groups excluding carboxylic acids is 2. The lowest BCUT2D eigenvalue weighted by Crippen LogP contribution is -2.45. The highest BCUT2D eigenvalue weighted by Gasteiger charge is 2.20. The molecular weight excluding hydrogens is 1080 g/mol. The quantitative estimate of drug-likeness (QED) is 0.0417. The largest absolute Gasteiger partial charge is 0.466 e. The molecule has 0 heterocycles. The maximum absolute atomic E-state index is 12.6. The summed E-state index contributed by atoms with van der Waals surface area (Å²) >= 11 is 0. The highest BCUT2D eigenvalue weighted by atomic mass is 16.5. The van der Waals surface area contributed by atoms with Gasteiger partial charge in [0.1, 0.15) is 0 Å². The number of carbonyl (C=O) groups is 2. The number of ether oxygens (including phenoxy) is 1. The van der Waals surface area contributed by atoms with Gasteiger partial charge in [-0.1, -0.05) is 450 Å². The van der Waals surface area contributed by atoms with Crippen LogP contribution in [0.15, 0.2) is 0 Å². The van der Waals surface area contributed by atoms with Crippen molar-refractivity contribution in [2.75, 3.05) is 13.2 Å². The molecule has 3 N–H and O–H groups in total. The molecule has 2 atom stereocenters. The molecule has 0 fully saturated rings. The van der Waals surface area contributed by atoms with Gasteiger partial charge in [0.05, 0.1) is 25.4 Å². The van der Waals surface area contributed by atoms with E-state index in [0.29, 0.717) is 25.9 Å². The lowest BCUT2D eigenvalue weighted by molar-refractivity contribution is -0.143. The fraction of sp³-hybridized carbons (Fsp3) is 0.976. The van der Waals surface area contributed by atoms with Crippen LogP contribution in [0.2, 0.25) is 0 Å². The van der Waals surface area contributed by atoms with E-state index in [-0.39, 0.29) is 18.5 Å². The number of rotatable bonds is 79. The number of unbranched alkanes of at least 4 members (excludes halogenated alkanes) is 68. The summed E-state index contributed by atoms with van der Waals surface area (Å²) in [6, 6.07) is -0.538. The van der Waals surface area contributed by atoms with E-state index in [1.54, 1.807) is 0 Å². The van der Waals surface area contributed by atoms with Crippen molar-refractivity contribution in [3.63, 3.8) is 0 Å². The average molecular weight is 1240 g/mol. The summed E-state index contributed by atoms with van der Waals surface area (Å²) in [5, 5.41) is 23.5. The smallest absolute Gasteiger partial charge is 0.305 e. The van der Waals surface area contributed by atoms with Crippen LogP contribution < -0.4 is 5.32 Å². The Morgan fingerprint density at radius 1 is 0.273 bits per heavy atom. The van der Waals surface area contributed by atoms with Crippen LogP contribution in [0.4, 0.5) is 0 Å². The third-order valence-electron chi connectivity index (χ3n) is 19.9. The molecule has 6 nitrogen and oxygen atoms in total. The lowest BCUT2D eigenvalue weighted by Gasteiger charge is -2.22. The minimum absolute atomic E-state index is 0.0244. The zero-order valence-corrected chi connectivity index (χ0v) is 60.5. The molecule has 0 aromatic carbocycles. The molecule has 88 heavy (non-hydrogen) atoms. The van der Waals surface area contributed by atoms with Crippen molar-refractivity contribution in [1.29, 1.82) is 0 Å². The Morgan fingerprint density at radius 2 is 0.466 bits per heavy atom. The number of aliphatic hydroxyl groups is 2. The van der Waals surface area contributed by atoms with Gasteiger partial charge in [0.2, 0.25) is 5.91 Å². The summed E-state index contributed by atoms with van der Waals surface area (Å²) < 4.78 is 5.53. The van der Waals surface area contributed by atoms with Crippen molar-refractivity contribution in [2.24, 2.45) is 0 Å². The molecule has 0 aliphatic rings. The summed E-state index contributed by atoms with van der Waals surface area (Å²) in [5.74, 6) is 0.00334. The van der Waals surface area contributed by atoms with Crippen LogP contribution in [0.25, 0.3) is 0 Å². The van der Waals surface area contributed by atoms with Gasteiger partial charge in [0, 0.05) is 12.8 Å². The van der Waals surface area contributed by atoms with Gasteiger partial charge in [-0.3, -0.25) is 9.59 Å². The summed E-state index contributed by atoms with van der Waals surface area (Å²) in [6.45, 7) is 5.03. The van der Waals surface area contributed by atoms with E-state index in [9.17, 15) is 19.8 Å². The van der Waals surface area contributed by atoms with Crippen molar-refractivity contribution in [3.05, 3.63) is 0 Å². The molecule has 0 spiro atoms. The first-order valence-electron chi connectivity index (χ1n) is 41.3. The molecule has 0 saturated carbocycles. The summed E-state index contributed by atoms with van der Waals surface area (Å²) in [6.07, 6.45) is 97.8. The molecule has 6 heteroatoms. The summed E-state index contributed by atoms with van der Waals surface area (Å²) in [5.41, 5.74) is 0. The molecule has 0 rings (SSSR count). The number of esters is 1. The van der Waals surface area contributed by atoms with Crippen LogP contribution in [-0.4, -0.2) is 47.4 Å². The SMILES string of the molecule is CCCCCCCCCCCCCCCCCCCCCCC(O)C(CO)NC(=O)CCCCCCCCCCCCCCCCCCCCCCCCCCCCCCCCCCOC(=O)CCCCCCCCCCCCCCCCCCCCC. The zero-order chi connectivity index (χ0) is 63.5. The van der Waals surface area contributed by atoms with E-state index in [4.69, 9.17) is 4.74 Å². The molecule has 526 valence electrons. The Labute approximate surface area is 553 Å². The Morgan fingerprint density at radius 3 is 0.693 bits per heavy atom. The van der Waals surface area contributed by atoms with Crippen LogP contribution in [0.5, 0.6) is 0 Å². The summed E-state index contributed by atoms with van der Waals surface area (Å²) in [4.78, 5) is 24.7. The Balaban J connectivity index is 3.30. The molecule has 0 aromatic heterocycles. The van der Waals surface area contributed by atoms with Gasteiger partial charge in [-0.15, -0.1) is 0 Å². The minimum atomic E-state index is -0.661. The van der Waals surface area contributed by atoms with Gasteiger partial charge in [-0.25, -0.2) is 0 Å². The topological polar surface area (TPSA) is 95.9 Å². The maximum Gasteiger partial charge on any atom is 0.305 e. The normalized spacial score (nSPS) is 12.4. The van der Waals surface area contributed by atoms with Crippen LogP contribution >= 0.6 is 0 Å². The van der Waals surface area contributed by atoms with Gasteiger partial charge >= 0.3 is 5.97 Å². The third kappa shape index (κ3) is 73.9. The second kappa shape index (κ2) is 78.3. The number of hydrogen-bond donors (Lipinski definition) is 3. The van der Waals surface area contributed by atoms with E-state index in [1.165, 1.54) is 417 Å². The fourth-order valence-corrected chi connectivity index (χ4v) is 13.6. The average Bonchev–Trinajstić information content (AvgIpc) is 3.58. The van der Waals surface area contributed by atoms with Crippen LogP contribution in [0.1, 0.15) is 489 Å². The van der Waals surface area contributed by atoms with Crippen molar-refractivity contribution in [1.82, 2.24) is 5.32 Å². The Kier molecular flexibility index (Phi) is 77.3. The third-order valence-corrected chi connectivity index (χ3v) is 19.9. The Bertz CT molecular complexity index is 1290. The fourth-order valence-electron chi connectivity index (χ4n) is 13.6. The standard InChI is InChI=1S/C82H163NO5/c1-3-5-7-9-11-13-15-17-19-21-23-39-42-46-50-54-58-62-66-70-74-80(85)79(78-84)83-81(86)75-71-67-63-59-55-51-47-43-40-36-34-32-30-28-26-24-25-27-29-31-33-35-37-41-45-49-53-57-61-65-69-73-77-88-82(87)76-72-68-64-60-56-52-48-44-38-22-20-18-16-14-12-10-8-6-4-2/h79-80,84-85H,3-78H2,1-2H3,(H,83,86). The second-order valence-electron chi connectivity index (χ2n) is 28.8. The maximum atomic E-state index is 12.6. The van der Waals surface area contributed by atoms with E-state index < -0.39 is 12.1 Å². The first kappa shape index (κ1) is 86.9. The zero-order valence-electron chi connectivity index (χ0n) is 60.5. The predicted octanol–water partition coefficient (Wildman–Crippen LogP) is 27.3. The van der Waals surface area contributed by atoms with Crippen molar-refractivity contribution < 1.29 is 24.5 Å². The highest BCUT2D eigenvalue weighted by molar-refractivity contribution is 5.76. The van der Waals surface area contributed by atoms with Crippen molar-refractivity contribution in [3.8, 4) is 0 Å². The van der Waals surface area contributed by atoms with Gasteiger partial charge in [0.25, 0.3) is 0 Å². The molecule has 0 saturated heterocycles. The predicted molar refractivity (Wildman–Crippen MR) is 389 cm³/mol. The molecule has 2 unspecified atom stereocenters. The molecule has 1 amide bonds.